The van der Waals surface area contributed by atoms with Crippen LogP contribution in [0.25, 0.3) is 0 Å². The first kappa shape index (κ1) is 10.2. The lowest BCUT2D eigenvalue weighted by Crippen LogP contribution is -2.19. The van der Waals surface area contributed by atoms with Crippen molar-refractivity contribution in [2.75, 3.05) is 27.2 Å². The molecule has 0 aliphatic heterocycles. The van der Waals surface area contributed by atoms with Gasteiger partial charge >= 0.3 is 0 Å². The summed E-state index contributed by atoms with van der Waals surface area (Å²) in [6, 6.07) is 1.59. The minimum Gasteiger partial charge on any atom is -0.476 e. The molecule has 0 spiro atoms. The Hall–Kier alpha value is -0.870. The predicted octanol–water partition coefficient (Wildman–Crippen LogP) is 1.07. The van der Waals surface area contributed by atoms with E-state index in [2.05, 4.69) is 9.97 Å². The molecule has 5 heteroatoms. The molecular formula is C8H12ClN3O. The predicted molar refractivity (Wildman–Crippen MR) is 51.1 cm³/mol. The summed E-state index contributed by atoms with van der Waals surface area (Å²) >= 11 is 5.64. The number of nitrogens with zero attached hydrogens (tertiary/aromatic N) is 3. The molecule has 0 N–H and O–H groups in total. The van der Waals surface area contributed by atoms with E-state index < -0.39 is 0 Å². The SMILES string of the molecule is CN(C)CCOc1cc(Cl)ncn1. The largest absolute Gasteiger partial charge is 0.476 e. The van der Waals surface area contributed by atoms with Crippen LogP contribution in [0.3, 0.4) is 0 Å². The first-order chi connectivity index (χ1) is 6.18. The minimum atomic E-state index is 0.398. The zero-order chi connectivity index (χ0) is 9.68. The van der Waals surface area contributed by atoms with Gasteiger partial charge in [-0.25, -0.2) is 9.97 Å². The molecule has 0 amide bonds. The van der Waals surface area contributed by atoms with Crippen LogP contribution in [-0.2, 0) is 0 Å². The summed E-state index contributed by atoms with van der Waals surface area (Å²) in [6.07, 6.45) is 1.38. The van der Waals surface area contributed by atoms with Crippen LogP contribution < -0.4 is 4.74 Å². The van der Waals surface area contributed by atoms with Gasteiger partial charge < -0.3 is 9.64 Å². The first-order valence-corrected chi connectivity index (χ1v) is 4.31. The van der Waals surface area contributed by atoms with E-state index in [1.54, 1.807) is 6.07 Å². The average molecular weight is 202 g/mol. The molecule has 1 heterocycles. The Kier molecular flexibility index (Phi) is 3.92. The van der Waals surface area contributed by atoms with Gasteiger partial charge in [0.15, 0.2) is 0 Å². The van der Waals surface area contributed by atoms with Crippen molar-refractivity contribution in [3.63, 3.8) is 0 Å². The van der Waals surface area contributed by atoms with Crippen LogP contribution in [-0.4, -0.2) is 42.1 Å². The van der Waals surface area contributed by atoms with Gasteiger partial charge in [-0.1, -0.05) is 11.6 Å². The van der Waals surface area contributed by atoms with Crippen LogP contribution in [0, 0.1) is 0 Å². The molecule has 0 aliphatic rings. The van der Waals surface area contributed by atoms with Crippen molar-refractivity contribution < 1.29 is 4.74 Å². The molecule has 0 saturated heterocycles. The Morgan fingerprint density at radius 1 is 1.46 bits per heavy atom. The van der Waals surface area contributed by atoms with Gasteiger partial charge in [0.25, 0.3) is 0 Å². The van der Waals surface area contributed by atoms with Crippen molar-refractivity contribution in [2.24, 2.45) is 0 Å². The zero-order valence-electron chi connectivity index (χ0n) is 7.70. The quantitative estimate of drug-likeness (QED) is 0.684. The number of ether oxygens (including phenoxy) is 1. The van der Waals surface area contributed by atoms with Gasteiger partial charge in [0.2, 0.25) is 5.88 Å². The molecule has 1 rings (SSSR count). The van der Waals surface area contributed by atoms with Crippen LogP contribution in [0.1, 0.15) is 0 Å². The van der Waals surface area contributed by atoms with Gasteiger partial charge in [0.1, 0.15) is 18.1 Å². The molecule has 1 aromatic heterocycles. The van der Waals surface area contributed by atoms with Crippen molar-refractivity contribution in [3.05, 3.63) is 17.5 Å². The van der Waals surface area contributed by atoms with Crippen molar-refractivity contribution in [2.45, 2.75) is 0 Å². The van der Waals surface area contributed by atoms with Gasteiger partial charge in [-0.15, -0.1) is 0 Å². The van der Waals surface area contributed by atoms with Crippen LogP contribution >= 0.6 is 11.6 Å². The molecule has 0 aromatic carbocycles. The van der Waals surface area contributed by atoms with Crippen LogP contribution in [0.4, 0.5) is 0 Å². The minimum absolute atomic E-state index is 0.398. The van der Waals surface area contributed by atoms with Crippen molar-refractivity contribution >= 4 is 11.6 Å². The van der Waals surface area contributed by atoms with E-state index in [1.165, 1.54) is 6.33 Å². The van der Waals surface area contributed by atoms with Gasteiger partial charge in [-0.05, 0) is 14.1 Å². The zero-order valence-corrected chi connectivity index (χ0v) is 8.45. The smallest absolute Gasteiger partial charge is 0.217 e. The maximum absolute atomic E-state index is 5.64. The van der Waals surface area contributed by atoms with Gasteiger partial charge in [-0.3, -0.25) is 0 Å². The van der Waals surface area contributed by atoms with Crippen molar-refractivity contribution in [1.29, 1.82) is 0 Å². The third kappa shape index (κ3) is 4.05. The Balaban J connectivity index is 2.37. The van der Waals surface area contributed by atoms with Gasteiger partial charge in [0.05, 0.1) is 0 Å². The Morgan fingerprint density at radius 3 is 2.85 bits per heavy atom. The van der Waals surface area contributed by atoms with E-state index in [0.717, 1.165) is 6.54 Å². The lowest BCUT2D eigenvalue weighted by atomic mass is 10.6. The molecule has 0 fully saturated rings. The molecular weight excluding hydrogens is 190 g/mol. The monoisotopic (exact) mass is 201 g/mol. The van der Waals surface area contributed by atoms with E-state index in [0.29, 0.717) is 17.6 Å². The van der Waals surface area contributed by atoms with Crippen molar-refractivity contribution in [3.8, 4) is 5.88 Å². The Labute approximate surface area is 82.5 Å². The fourth-order valence-corrected chi connectivity index (χ4v) is 0.866. The second kappa shape index (κ2) is 4.99. The van der Waals surface area contributed by atoms with E-state index in [9.17, 15) is 0 Å². The van der Waals surface area contributed by atoms with Crippen molar-refractivity contribution in [1.82, 2.24) is 14.9 Å². The highest BCUT2D eigenvalue weighted by Gasteiger charge is 1.97. The molecule has 0 saturated carbocycles. The number of rotatable bonds is 4. The maximum Gasteiger partial charge on any atom is 0.217 e. The van der Waals surface area contributed by atoms with Crippen LogP contribution in [0.15, 0.2) is 12.4 Å². The molecule has 0 atom stereocenters. The maximum atomic E-state index is 5.64. The highest BCUT2D eigenvalue weighted by Crippen LogP contribution is 2.10. The van der Waals surface area contributed by atoms with Gasteiger partial charge in [-0.2, -0.15) is 0 Å². The molecule has 0 radical (unpaired) electrons. The molecule has 0 aliphatic carbocycles. The van der Waals surface area contributed by atoms with Crippen LogP contribution in [0.2, 0.25) is 5.15 Å². The third-order valence-electron chi connectivity index (χ3n) is 1.40. The lowest BCUT2D eigenvalue weighted by Gasteiger charge is -2.09. The Morgan fingerprint density at radius 2 is 2.23 bits per heavy atom. The second-order valence-corrected chi connectivity index (χ2v) is 3.22. The topological polar surface area (TPSA) is 38.2 Å². The number of likely N-dealkylation sites (N-methyl/N-ethyl adjacent to an activating group) is 1. The molecule has 0 bridgehead atoms. The van der Waals surface area contributed by atoms with E-state index >= 15 is 0 Å². The summed E-state index contributed by atoms with van der Waals surface area (Å²) in [5, 5.41) is 0.398. The molecule has 13 heavy (non-hydrogen) atoms. The number of hydrogen-bond acceptors (Lipinski definition) is 4. The fraction of sp³-hybridized carbons (Fsp3) is 0.500. The van der Waals surface area contributed by atoms with Crippen LogP contribution in [0.5, 0.6) is 5.88 Å². The third-order valence-corrected chi connectivity index (χ3v) is 1.60. The lowest BCUT2D eigenvalue weighted by molar-refractivity contribution is 0.253. The molecule has 4 nitrogen and oxygen atoms in total. The van der Waals surface area contributed by atoms with E-state index in [1.807, 2.05) is 19.0 Å². The van der Waals surface area contributed by atoms with Gasteiger partial charge in [0, 0.05) is 12.6 Å². The summed E-state index contributed by atoms with van der Waals surface area (Å²) in [5.74, 6) is 0.516. The summed E-state index contributed by atoms with van der Waals surface area (Å²) < 4.78 is 5.32. The Bertz CT molecular complexity index is 267. The number of halogens is 1. The fourth-order valence-electron chi connectivity index (χ4n) is 0.729. The van der Waals surface area contributed by atoms with E-state index in [4.69, 9.17) is 16.3 Å². The molecule has 0 unspecified atom stereocenters. The summed E-state index contributed by atoms with van der Waals surface area (Å²) in [4.78, 5) is 9.68. The van der Waals surface area contributed by atoms with E-state index in [-0.39, 0.29) is 0 Å². The average Bonchev–Trinajstić information content (AvgIpc) is 2.03. The number of aromatic nitrogens is 2. The highest BCUT2D eigenvalue weighted by molar-refractivity contribution is 6.29. The standard InChI is InChI=1S/C8H12ClN3O/c1-12(2)3-4-13-8-5-7(9)10-6-11-8/h5-6H,3-4H2,1-2H3. The molecule has 1 aromatic rings. The normalized spacial score (nSPS) is 10.5. The molecule has 72 valence electrons. The number of hydrogen-bond donors (Lipinski definition) is 0. The highest BCUT2D eigenvalue weighted by atomic mass is 35.5. The summed E-state index contributed by atoms with van der Waals surface area (Å²) in [7, 11) is 3.96. The summed E-state index contributed by atoms with van der Waals surface area (Å²) in [6.45, 7) is 1.45. The first-order valence-electron chi connectivity index (χ1n) is 3.93. The second-order valence-electron chi connectivity index (χ2n) is 2.83. The summed E-state index contributed by atoms with van der Waals surface area (Å²) in [5.41, 5.74) is 0.